The molecule has 0 N–H and O–H groups in total. The maximum Gasteiger partial charge on any atom is 0.127 e. The van der Waals surface area contributed by atoms with Gasteiger partial charge in [-0.25, -0.2) is 0 Å². The molecule has 1 saturated carbocycles. The summed E-state index contributed by atoms with van der Waals surface area (Å²) in [4.78, 5) is 0. The van der Waals surface area contributed by atoms with Crippen LogP contribution < -0.4 is 4.74 Å². The smallest absolute Gasteiger partial charge is 0.127 e. The van der Waals surface area contributed by atoms with E-state index >= 15 is 0 Å². The number of hydrogen-bond acceptors (Lipinski definition) is 2. The van der Waals surface area contributed by atoms with E-state index in [2.05, 4.69) is 12.6 Å². The lowest BCUT2D eigenvalue weighted by atomic mass is 10.2. The molecular weight excluding hydrogens is 174 g/mol. The largest absolute Gasteiger partial charge is 0.483 e. The van der Waals surface area contributed by atoms with Crippen LogP contribution in [0.4, 0.5) is 0 Å². The molecular formula is C12H11NO. The minimum absolute atomic E-state index is 0.131. The molecule has 1 aliphatic carbocycles. The Bertz CT molecular complexity index is 382. The lowest BCUT2D eigenvalue weighted by Gasteiger charge is -2.13. The molecule has 0 spiro atoms. The Kier molecular flexibility index (Phi) is 2.01. The third-order valence-corrected chi connectivity index (χ3v) is 2.42. The van der Waals surface area contributed by atoms with E-state index in [1.165, 1.54) is 0 Å². The van der Waals surface area contributed by atoms with Crippen LogP contribution in [0.1, 0.15) is 18.4 Å². The van der Waals surface area contributed by atoms with E-state index in [0.29, 0.717) is 5.56 Å². The summed E-state index contributed by atoms with van der Waals surface area (Å²) in [6.07, 6.45) is 3.93. The number of nitriles is 1. The van der Waals surface area contributed by atoms with E-state index in [1.54, 1.807) is 12.1 Å². The van der Waals surface area contributed by atoms with E-state index in [0.717, 1.165) is 18.6 Å². The van der Waals surface area contributed by atoms with Crippen LogP contribution in [-0.4, -0.2) is 5.60 Å². The van der Waals surface area contributed by atoms with Crippen molar-refractivity contribution in [3.05, 3.63) is 42.5 Å². The summed E-state index contributed by atoms with van der Waals surface area (Å²) in [6.45, 7) is 3.75. The average molecular weight is 185 g/mol. The summed E-state index contributed by atoms with van der Waals surface area (Å²) in [5.74, 6) is 0.807. The van der Waals surface area contributed by atoms with Crippen LogP contribution in [0.15, 0.2) is 36.9 Å². The molecule has 70 valence electrons. The molecule has 0 aromatic heterocycles. The molecule has 2 rings (SSSR count). The van der Waals surface area contributed by atoms with Crippen LogP contribution in [0.3, 0.4) is 0 Å². The topological polar surface area (TPSA) is 33.0 Å². The fraction of sp³-hybridized carbons (Fsp3) is 0.250. The van der Waals surface area contributed by atoms with Crippen LogP contribution >= 0.6 is 0 Å². The van der Waals surface area contributed by atoms with Gasteiger partial charge in [-0.05, 0) is 43.2 Å². The van der Waals surface area contributed by atoms with Crippen molar-refractivity contribution in [3.63, 3.8) is 0 Å². The van der Waals surface area contributed by atoms with Gasteiger partial charge in [-0.3, -0.25) is 0 Å². The van der Waals surface area contributed by atoms with Gasteiger partial charge in [0.05, 0.1) is 11.6 Å². The van der Waals surface area contributed by atoms with Crippen molar-refractivity contribution in [3.8, 4) is 11.8 Å². The van der Waals surface area contributed by atoms with E-state index in [-0.39, 0.29) is 5.60 Å². The first-order valence-corrected chi connectivity index (χ1v) is 4.61. The van der Waals surface area contributed by atoms with Crippen LogP contribution in [0.5, 0.6) is 5.75 Å². The van der Waals surface area contributed by atoms with Gasteiger partial charge >= 0.3 is 0 Å². The van der Waals surface area contributed by atoms with Crippen LogP contribution in [-0.2, 0) is 0 Å². The third kappa shape index (κ3) is 1.62. The van der Waals surface area contributed by atoms with Gasteiger partial charge in [0.15, 0.2) is 0 Å². The van der Waals surface area contributed by atoms with Gasteiger partial charge in [-0.1, -0.05) is 6.58 Å². The van der Waals surface area contributed by atoms with E-state index in [9.17, 15) is 0 Å². The van der Waals surface area contributed by atoms with E-state index in [4.69, 9.17) is 10.00 Å². The predicted octanol–water partition coefficient (Wildman–Crippen LogP) is 2.66. The fourth-order valence-corrected chi connectivity index (χ4v) is 1.30. The summed E-state index contributed by atoms with van der Waals surface area (Å²) in [5, 5.41) is 8.61. The highest BCUT2D eigenvalue weighted by molar-refractivity contribution is 5.35. The molecule has 0 aliphatic heterocycles. The number of benzene rings is 1. The van der Waals surface area contributed by atoms with Crippen LogP contribution in [0.25, 0.3) is 0 Å². The minimum Gasteiger partial charge on any atom is -0.483 e. The number of rotatable bonds is 3. The SMILES string of the molecule is C=CC1(Oc2ccc(C#N)cc2)CC1. The molecule has 1 aromatic rings. The molecule has 0 radical (unpaired) electrons. The highest BCUT2D eigenvalue weighted by Gasteiger charge is 2.42. The summed E-state index contributed by atoms with van der Waals surface area (Å²) in [5.41, 5.74) is 0.523. The Morgan fingerprint density at radius 2 is 2.00 bits per heavy atom. The monoisotopic (exact) mass is 185 g/mol. The summed E-state index contributed by atoms with van der Waals surface area (Å²) in [7, 11) is 0. The fourth-order valence-electron chi connectivity index (χ4n) is 1.30. The van der Waals surface area contributed by atoms with Gasteiger partial charge in [-0.2, -0.15) is 5.26 Å². The Hall–Kier alpha value is -1.75. The molecule has 14 heavy (non-hydrogen) atoms. The van der Waals surface area contributed by atoms with Gasteiger partial charge in [0, 0.05) is 0 Å². The number of ether oxygens (including phenoxy) is 1. The number of nitrogens with zero attached hydrogens (tertiary/aromatic N) is 1. The lowest BCUT2D eigenvalue weighted by Crippen LogP contribution is -2.13. The lowest BCUT2D eigenvalue weighted by molar-refractivity contribution is 0.230. The molecule has 0 heterocycles. The molecule has 0 saturated heterocycles. The average Bonchev–Trinajstić information content (AvgIpc) is 3.00. The van der Waals surface area contributed by atoms with Crippen molar-refractivity contribution in [2.24, 2.45) is 0 Å². The van der Waals surface area contributed by atoms with Crippen molar-refractivity contribution in [2.45, 2.75) is 18.4 Å². The normalized spacial score (nSPS) is 16.8. The van der Waals surface area contributed by atoms with Crippen LogP contribution in [0, 0.1) is 11.3 Å². The van der Waals surface area contributed by atoms with Crippen molar-refractivity contribution < 1.29 is 4.74 Å². The zero-order valence-electron chi connectivity index (χ0n) is 7.86. The Balaban J connectivity index is 2.11. The van der Waals surface area contributed by atoms with Crippen molar-refractivity contribution in [1.29, 1.82) is 5.26 Å². The maximum atomic E-state index is 8.61. The molecule has 2 heteroatoms. The first-order chi connectivity index (χ1) is 6.78. The zero-order valence-corrected chi connectivity index (χ0v) is 7.86. The molecule has 2 nitrogen and oxygen atoms in total. The standard InChI is InChI=1S/C12H11NO/c1-2-12(7-8-12)14-11-5-3-10(9-13)4-6-11/h2-6H,1,7-8H2. The molecule has 1 aliphatic rings. The molecule has 0 atom stereocenters. The highest BCUT2D eigenvalue weighted by Crippen LogP contribution is 2.41. The predicted molar refractivity (Wildman–Crippen MR) is 53.9 cm³/mol. The highest BCUT2D eigenvalue weighted by atomic mass is 16.5. The molecule has 0 unspecified atom stereocenters. The van der Waals surface area contributed by atoms with Crippen molar-refractivity contribution in [2.75, 3.05) is 0 Å². The minimum atomic E-state index is -0.131. The van der Waals surface area contributed by atoms with Gasteiger partial charge in [0.25, 0.3) is 0 Å². The maximum absolute atomic E-state index is 8.61. The summed E-state index contributed by atoms with van der Waals surface area (Å²) >= 11 is 0. The Morgan fingerprint density at radius 1 is 1.36 bits per heavy atom. The van der Waals surface area contributed by atoms with Gasteiger partial charge in [0.1, 0.15) is 11.4 Å². The Morgan fingerprint density at radius 3 is 2.43 bits per heavy atom. The second-order valence-electron chi connectivity index (χ2n) is 3.51. The second-order valence-corrected chi connectivity index (χ2v) is 3.51. The zero-order chi connectivity index (χ0) is 10.0. The van der Waals surface area contributed by atoms with Crippen LogP contribution in [0.2, 0.25) is 0 Å². The van der Waals surface area contributed by atoms with Gasteiger partial charge < -0.3 is 4.74 Å². The van der Waals surface area contributed by atoms with Crippen molar-refractivity contribution in [1.82, 2.24) is 0 Å². The number of hydrogen-bond donors (Lipinski definition) is 0. The molecule has 1 aromatic carbocycles. The summed E-state index contributed by atoms with van der Waals surface area (Å²) in [6, 6.07) is 9.23. The molecule has 0 bridgehead atoms. The Labute approximate surface area is 83.4 Å². The van der Waals surface area contributed by atoms with Crippen molar-refractivity contribution >= 4 is 0 Å². The van der Waals surface area contributed by atoms with E-state index < -0.39 is 0 Å². The first kappa shape index (κ1) is 8.83. The quantitative estimate of drug-likeness (QED) is 0.678. The van der Waals surface area contributed by atoms with Gasteiger partial charge in [0.2, 0.25) is 0 Å². The first-order valence-electron chi connectivity index (χ1n) is 4.61. The third-order valence-electron chi connectivity index (χ3n) is 2.42. The van der Waals surface area contributed by atoms with Gasteiger partial charge in [-0.15, -0.1) is 0 Å². The summed E-state index contributed by atoms with van der Waals surface area (Å²) < 4.78 is 5.73. The van der Waals surface area contributed by atoms with E-state index in [1.807, 2.05) is 18.2 Å². The second kappa shape index (κ2) is 3.19. The molecule has 0 amide bonds. The molecule has 1 fully saturated rings.